The van der Waals surface area contributed by atoms with Gasteiger partial charge < -0.3 is 10.1 Å². The Morgan fingerprint density at radius 2 is 1.92 bits per heavy atom. The molecule has 1 N–H and O–H groups in total. The van der Waals surface area contributed by atoms with Crippen molar-refractivity contribution in [2.24, 2.45) is 0 Å². The summed E-state index contributed by atoms with van der Waals surface area (Å²) >= 11 is 1.44. The molecule has 1 heterocycles. The molecule has 3 aromatic rings. The van der Waals surface area contributed by atoms with E-state index in [4.69, 9.17) is 4.74 Å². The van der Waals surface area contributed by atoms with E-state index in [2.05, 4.69) is 20.8 Å². The van der Waals surface area contributed by atoms with E-state index in [1.54, 1.807) is 36.1 Å². The van der Waals surface area contributed by atoms with Gasteiger partial charge in [0.1, 0.15) is 5.75 Å². The Morgan fingerprint density at radius 3 is 2.64 bits per heavy atom. The number of amides is 1. The van der Waals surface area contributed by atoms with Crippen molar-refractivity contribution in [3.8, 4) is 11.4 Å². The molecular formula is C17H17N5O2S. The van der Waals surface area contributed by atoms with Crippen LogP contribution in [0.1, 0.15) is 6.42 Å². The molecule has 1 aromatic heterocycles. The lowest BCUT2D eigenvalue weighted by Gasteiger charge is -2.06. The summed E-state index contributed by atoms with van der Waals surface area (Å²) in [6.07, 6.45) is 0.359. The monoisotopic (exact) mass is 355 g/mol. The maximum atomic E-state index is 12.0. The Hall–Kier alpha value is -2.87. The number of ether oxygens (including phenoxy) is 1. The van der Waals surface area contributed by atoms with Crippen LogP contribution in [-0.2, 0) is 4.79 Å². The van der Waals surface area contributed by atoms with Gasteiger partial charge in [-0.25, -0.2) is 0 Å². The normalized spacial score (nSPS) is 10.4. The second-order valence-corrected chi connectivity index (χ2v) is 6.15. The van der Waals surface area contributed by atoms with E-state index in [0.29, 0.717) is 17.3 Å². The molecule has 128 valence electrons. The molecule has 0 unspecified atom stereocenters. The quantitative estimate of drug-likeness (QED) is 0.656. The number of benzene rings is 2. The first kappa shape index (κ1) is 17.0. The molecule has 7 nitrogen and oxygen atoms in total. The van der Waals surface area contributed by atoms with E-state index in [-0.39, 0.29) is 5.91 Å². The highest BCUT2D eigenvalue weighted by Crippen LogP contribution is 2.19. The zero-order valence-electron chi connectivity index (χ0n) is 13.6. The Morgan fingerprint density at radius 1 is 1.16 bits per heavy atom. The van der Waals surface area contributed by atoms with Gasteiger partial charge in [-0.05, 0) is 46.8 Å². The van der Waals surface area contributed by atoms with Crippen LogP contribution in [0.4, 0.5) is 5.69 Å². The van der Waals surface area contributed by atoms with Crippen molar-refractivity contribution in [3.05, 3.63) is 54.6 Å². The van der Waals surface area contributed by atoms with E-state index < -0.39 is 0 Å². The number of nitrogens with one attached hydrogen (secondary N) is 1. The van der Waals surface area contributed by atoms with Gasteiger partial charge in [0.25, 0.3) is 0 Å². The molecular weight excluding hydrogens is 338 g/mol. The highest BCUT2D eigenvalue weighted by atomic mass is 32.2. The van der Waals surface area contributed by atoms with Crippen LogP contribution in [0.2, 0.25) is 0 Å². The summed E-state index contributed by atoms with van der Waals surface area (Å²) in [5.74, 6) is 1.27. The molecule has 0 radical (unpaired) electrons. The molecule has 0 fully saturated rings. The number of aromatic nitrogens is 4. The minimum Gasteiger partial charge on any atom is -0.497 e. The molecule has 0 saturated carbocycles. The topological polar surface area (TPSA) is 81.9 Å². The number of hydrogen-bond acceptors (Lipinski definition) is 6. The summed E-state index contributed by atoms with van der Waals surface area (Å²) in [4.78, 5) is 12.0. The Kier molecular flexibility index (Phi) is 5.63. The van der Waals surface area contributed by atoms with Crippen molar-refractivity contribution >= 4 is 23.4 Å². The lowest BCUT2D eigenvalue weighted by molar-refractivity contribution is -0.115. The number of carbonyl (C=O) groups is 1. The average molecular weight is 355 g/mol. The van der Waals surface area contributed by atoms with Crippen molar-refractivity contribution in [3.63, 3.8) is 0 Å². The van der Waals surface area contributed by atoms with Gasteiger partial charge in [0.2, 0.25) is 11.1 Å². The van der Waals surface area contributed by atoms with Crippen LogP contribution in [0.5, 0.6) is 5.75 Å². The number of methoxy groups -OCH3 is 1. The van der Waals surface area contributed by atoms with Crippen LogP contribution in [0, 0.1) is 0 Å². The van der Waals surface area contributed by atoms with Crippen molar-refractivity contribution in [2.75, 3.05) is 18.2 Å². The summed E-state index contributed by atoms with van der Waals surface area (Å²) in [7, 11) is 1.61. The summed E-state index contributed by atoms with van der Waals surface area (Å²) < 4.78 is 6.75. The average Bonchev–Trinajstić information content (AvgIpc) is 3.11. The highest BCUT2D eigenvalue weighted by molar-refractivity contribution is 7.99. The largest absolute Gasteiger partial charge is 0.497 e. The summed E-state index contributed by atoms with van der Waals surface area (Å²) in [6, 6.07) is 16.9. The first-order valence-electron chi connectivity index (χ1n) is 7.67. The van der Waals surface area contributed by atoms with E-state index in [0.717, 1.165) is 17.1 Å². The van der Waals surface area contributed by atoms with E-state index in [1.807, 2.05) is 30.3 Å². The number of anilines is 1. The molecule has 0 spiro atoms. The van der Waals surface area contributed by atoms with E-state index in [1.165, 1.54) is 11.8 Å². The first-order valence-corrected chi connectivity index (χ1v) is 8.65. The maximum absolute atomic E-state index is 12.0. The van der Waals surface area contributed by atoms with Crippen molar-refractivity contribution in [1.29, 1.82) is 0 Å². The van der Waals surface area contributed by atoms with Crippen LogP contribution in [0.3, 0.4) is 0 Å². The van der Waals surface area contributed by atoms with Gasteiger partial charge in [0, 0.05) is 17.9 Å². The SMILES string of the molecule is COc1ccc(NC(=O)CCSc2nnnn2-c2ccccc2)cc1. The van der Waals surface area contributed by atoms with Crippen LogP contribution in [-0.4, -0.2) is 39.0 Å². The Balaban J connectivity index is 1.51. The molecule has 25 heavy (non-hydrogen) atoms. The number of thioether (sulfide) groups is 1. The predicted octanol–water partition coefficient (Wildman–Crippen LogP) is 2.79. The summed E-state index contributed by atoms with van der Waals surface area (Å²) in [5.41, 5.74) is 1.63. The maximum Gasteiger partial charge on any atom is 0.225 e. The lowest BCUT2D eigenvalue weighted by Crippen LogP contribution is -2.12. The summed E-state index contributed by atoms with van der Waals surface area (Å²) in [5, 5.41) is 15.2. The zero-order chi connectivity index (χ0) is 17.5. The smallest absolute Gasteiger partial charge is 0.225 e. The van der Waals surface area contributed by atoms with Crippen LogP contribution >= 0.6 is 11.8 Å². The van der Waals surface area contributed by atoms with Gasteiger partial charge in [0.05, 0.1) is 12.8 Å². The predicted molar refractivity (Wildman–Crippen MR) is 96.1 cm³/mol. The number of tetrazole rings is 1. The highest BCUT2D eigenvalue weighted by Gasteiger charge is 2.10. The lowest BCUT2D eigenvalue weighted by atomic mass is 10.3. The number of carbonyl (C=O) groups excluding carboxylic acids is 1. The molecule has 0 bridgehead atoms. The van der Waals surface area contributed by atoms with E-state index in [9.17, 15) is 4.79 Å². The third-order valence-corrected chi connectivity index (χ3v) is 4.30. The zero-order valence-corrected chi connectivity index (χ0v) is 14.4. The van der Waals surface area contributed by atoms with Gasteiger partial charge in [-0.1, -0.05) is 30.0 Å². The Labute approximate surface area is 149 Å². The fourth-order valence-electron chi connectivity index (χ4n) is 2.13. The number of nitrogens with zero attached hydrogens (tertiary/aromatic N) is 4. The molecule has 1 amide bonds. The van der Waals surface area contributed by atoms with Crippen molar-refractivity contribution in [2.45, 2.75) is 11.6 Å². The molecule has 8 heteroatoms. The van der Waals surface area contributed by atoms with Gasteiger partial charge in [-0.15, -0.1) is 5.10 Å². The molecule has 0 aliphatic carbocycles. The minimum absolute atomic E-state index is 0.0589. The summed E-state index contributed by atoms with van der Waals surface area (Å²) in [6.45, 7) is 0. The number of para-hydroxylation sites is 1. The van der Waals surface area contributed by atoms with Crippen LogP contribution in [0.15, 0.2) is 59.8 Å². The molecule has 0 aliphatic rings. The first-order chi connectivity index (χ1) is 12.3. The standard InChI is InChI=1S/C17H17N5O2S/c1-24-15-9-7-13(8-10-15)18-16(23)11-12-25-17-19-20-21-22(17)14-5-3-2-4-6-14/h2-10H,11-12H2,1H3,(H,18,23). The number of hydrogen-bond donors (Lipinski definition) is 1. The second-order valence-electron chi connectivity index (χ2n) is 5.08. The molecule has 0 saturated heterocycles. The third kappa shape index (κ3) is 4.57. The fraction of sp³-hybridized carbons (Fsp3) is 0.176. The fourth-order valence-corrected chi connectivity index (χ4v) is 2.96. The van der Waals surface area contributed by atoms with Crippen LogP contribution < -0.4 is 10.1 Å². The van der Waals surface area contributed by atoms with Gasteiger partial charge in [-0.3, -0.25) is 4.79 Å². The van der Waals surface area contributed by atoms with E-state index >= 15 is 0 Å². The molecule has 0 aliphatic heterocycles. The van der Waals surface area contributed by atoms with Gasteiger partial charge in [-0.2, -0.15) is 4.68 Å². The van der Waals surface area contributed by atoms with Crippen molar-refractivity contribution < 1.29 is 9.53 Å². The van der Waals surface area contributed by atoms with Crippen molar-refractivity contribution in [1.82, 2.24) is 20.2 Å². The second kappa shape index (κ2) is 8.29. The molecule has 0 atom stereocenters. The number of rotatable bonds is 7. The minimum atomic E-state index is -0.0589. The van der Waals surface area contributed by atoms with Crippen LogP contribution in [0.25, 0.3) is 5.69 Å². The van der Waals surface area contributed by atoms with Gasteiger partial charge >= 0.3 is 0 Å². The molecule has 3 rings (SSSR count). The van der Waals surface area contributed by atoms with Gasteiger partial charge in [0.15, 0.2) is 0 Å². The third-order valence-electron chi connectivity index (χ3n) is 3.38. The Bertz CT molecular complexity index is 821. The molecule has 2 aromatic carbocycles.